The Morgan fingerprint density at radius 3 is 1.35 bits per heavy atom. The zero-order chi connectivity index (χ0) is 12.1. The third-order valence-electron chi connectivity index (χ3n) is 2.60. The lowest BCUT2D eigenvalue weighted by Crippen LogP contribution is -2.17. The Morgan fingerprint density at radius 1 is 0.647 bits per heavy atom. The van der Waals surface area contributed by atoms with Gasteiger partial charge in [-0.15, -0.1) is 0 Å². The van der Waals surface area contributed by atoms with E-state index >= 15 is 0 Å². The lowest BCUT2D eigenvalue weighted by molar-refractivity contribution is 0.723. The Hall–Kier alpha value is -1.68. The van der Waals surface area contributed by atoms with Crippen LogP contribution < -0.4 is 11.5 Å². The van der Waals surface area contributed by atoms with Crippen LogP contribution >= 0.6 is 0 Å². The van der Waals surface area contributed by atoms with E-state index in [0.717, 1.165) is 11.1 Å². The Labute approximate surface area is 101 Å². The summed E-state index contributed by atoms with van der Waals surface area (Å²) < 4.78 is 0. The number of rotatable bonds is 4. The zero-order valence-electron chi connectivity index (χ0n) is 9.53. The first-order chi connectivity index (χ1) is 8.27. The lowest BCUT2D eigenvalue weighted by Gasteiger charge is -2.35. The largest absolute Gasteiger partial charge is 0.625 e. The predicted molar refractivity (Wildman–Crippen MR) is 70.1 cm³/mol. The predicted octanol–water partition coefficient (Wildman–Crippen LogP) is 2.68. The molecule has 0 amide bonds. The Kier molecular flexibility index (Phi) is 3.88. The molecule has 0 saturated carbocycles. The fraction of sp³-hybridized carbons (Fsp3) is 0.143. The molecule has 3 nitrogen and oxygen atoms in total. The summed E-state index contributed by atoms with van der Waals surface area (Å²) in [6.45, 7) is 0. The van der Waals surface area contributed by atoms with Gasteiger partial charge in [-0.25, -0.2) is 0 Å². The van der Waals surface area contributed by atoms with Crippen molar-refractivity contribution in [1.82, 2.24) is 0 Å². The van der Waals surface area contributed by atoms with Crippen LogP contribution in [0.4, 0.5) is 0 Å². The average Bonchev–Trinajstić information content (AvgIpc) is 2.40. The van der Waals surface area contributed by atoms with Gasteiger partial charge in [0, 0.05) is 0 Å². The highest BCUT2D eigenvalue weighted by atomic mass is 15.1. The topological polar surface area (TPSA) is 66.1 Å². The van der Waals surface area contributed by atoms with Crippen LogP contribution in [0.3, 0.4) is 0 Å². The molecule has 0 aliphatic carbocycles. The smallest absolute Gasteiger partial charge is 0.0521 e. The van der Waals surface area contributed by atoms with Crippen molar-refractivity contribution in [1.29, 1.82) is 0 Å². The van der Waals surface area contributed by atoms with Gasteiger partial charge in [-0.3, -0.25) is 0 Å². The van der Waals surface area contributed by atoms with Gasteiger partial charge >= 0.3 is 0 Å². The summed E-state index contributed by atoms with van der Waals surface area (Å²) in [5, 5.41) is 4.37. The molecule has 0 fully saturated rings. The van der Waals surface area contributed by atoms with Crippen molar-refractivity contribution >= 4 is 0 Å². The summed E-state index contributed by atoms with van der Waals surface area (Å²) in [4.78, 5) is 0. The van der Waals surface area contributed by atoms with Gasteiger partial charge in [-0.05, 0) is 0 Å². The monoisotopic (exact) mass is 226 g/mol. The van der Waals surface area contributed by atoms with Gasteiger partial charge in [-0.2, -0.15) is 0 Å². The molecule has 0 spiro atoms. The second kappa shape index (κ2) is 5.59. The molecule has 0 saturated heterocycles. The first kappa shape index (κ1) is 11.8. The number of hydrogen-bond donors (Lipinski definition) is 2. The summed E-state index contributed by atoms with van der Waals surface area (Å²) >= 11 is 0. The molecule has 2 rings (SSSR count). The van der Waals surface area contributed by atoms with Crippen molar-refractivity contribution in [2.75, 3.05) is 0 Å². The maximum absolute atomic E-state index is 5.99. The van der Waals surface area contributed by atoms with Crippen molar-refractivity contribution in [3.63, 3.8) is 0 Å². The summed E-state index contributed by atoms with van der Waals surface area (Å²) in [5.74, 6) is 0. The SMILES string of the molecule is NC([N-]C(N)c1ccccc1)c1ccccc1. The Bertz CT molecular complexity index is 398. The van der Waals surface area contributed by atoms with Crippen molar-refractivity contribution in [3.05, 3.63) is 77.1 Å². The van der Waals surface area contributed by atoms with Crippen molar-refractivity contribution in [3.8, 4) is 0 Å². The number of benzene rings is 2. The molecule has 17 heavy (non-hydrogen) atoms. The van der Waals surface area contributed by atoms with Gasteiger partial charge in [0.25, 0.3) is 0 Å². The van der Waals surface area contributed by atoms with Gasteiger partial charge in [0.1, 0.15) is 0 Å². The molecule has 0 aliphatic heterocycles. The second-order valence-electron chi connectivity index (χ2n) is 3.86. The highest BCUT2D eigenvalue weighted by molar-refractivity contribution is 5.27. The maximum atomic E-state index is 5.99. The van der Waals surface area contributed by atoms with E-state index in [1.165, 1.54) is 0 Å². The standard InChI is InChI=1S/C14H16N3/c15-13(11-7-3-1-4-8-11)17-14(16)12-9-5-2-6-10-12/h1-10,13-14H,15-16H2/q-1. The van der Waals surface area contributed by atoms with Crippen molar-refractivity contribution in [2.24, 2.45) is 11.5 Å². The van der Waals surface area contributed by atoms with Crippen LogP contribution in [0.2, 0.25) is 0 Å². The molecule has 0 bridgehead atoms. The van der Waals surface area contributed by atoms with E-state index in [9.17, 15) is 0 Å². The molecule has 2 aromatic rings. The quantitative estimate of drug-likeness (QED) is 0.841. The molecule has 2 atom stereocenters. The third kappa shape index (κ3) is 3.14. The molecule has 2 unspecified atom stereocenters. The van der Waals surface area contributed by atoms with Gasteiger partial charge in [0.15, 0.2) is 0 Å². The number of nitrogens with two attached hydrogens (primary N) is 2. The molecular weight excluding hydrogens is 210 g/mol. The minimum atomic E-state index is -0.383. The van der Waals surface area contributed by atoms with Crippen molar-refractivity contribution in [2.45, 2.75) is 12.3 Å². The molecule has 0 heterocycles. The van der Waals surface area contributed by atoms with E-state index in [0.29, 0.717) is 0 Å². The van der Waals surface area contributed by atoms with Crippen LogP contribution in [0, 0.1) is 0 Å². The second-order valence-corrected chi connectivity index (χ2v) is 3.86. The Morgan fingerprint density at radius 2 is 1.00 bits per heavy atom. The molecule has 0 aromatic heterocycles. The Balaban J connectivity index is 2.02. The molecule has 88 valence electrons. The van der Waals surface area contributed by atoms with Crippen LogP contribution in [-0.2, 0) is 0 Å². The lowest BCUT2D eigenvalue weighted by atomic mass is 10.1. The fourth-order valence-corrected chi connectivity index (χ4v) is 1.65. The van der Waals surface area contributed by atoms with Crippen molar-refractivity contribution < 1.29 is 0 Å². The van der Waals surface area contributed by atoms with Crippen LogP contribution in [0.1, 0.15) is 23.5 Å². The van der Waals surface area contributed by atoms with Crippen LogP contribution in [-0.4, -0.2) is 0 Å². The fourth-order valence-electron chi connectivity index (χ4n) is 1.65. The molecule has 2 aromatic carbocycles. The van der Waals surface area contributed by atoms with E-state index in [1.54, 1.807) is 0 Å². The number of hydrogen-bond acceptors (Lipinski definition) is 2. The van der Waals surface area contributed by atoms with Crippen LogP contribution in [0.5, 0.6) is 0 Å². The highest BCUT2D eigenvalue weighted by Gasteiger charge is 1.99. The highest BCUT2D eigenvalue weighted by Crippen LogP contribution is 2.25. The van der Waals surface area contributed by atoms with E-state index < -0.39 is 0 Å². The maximum Gasteiger partial charge on any atom is -0.0521 e. The molecule has 4 N–H and O–H groups in total. The van der Waals surface area contributed by atoms with E-state index in [2.05, 4.69) is 5.32 Å². The molecule has 0 aliphatic rings. The average molecular weight is 226 g/mol. The van der Waals surface area contributed by atoms with E-state index in [1.807, 2.05) is 60.7 Å². The summed E-state index contributed by atoms with van der Waals surface area (Å²) in [7, 11) is 0. The molecule has 3 heteroatoms. The summed E-state index contributed by atoms with van der Waals surface area (Å²) in [6, 6.07) is 19.5. The van der Waals surface area contributed by atoms with Gasteiger partial charge in [0.2, 0.25) is 0 Å². The normalized spacial score (nSPS) is 14.2. The van der Waals surface area contributed by atoms with Gasteiger partial charge in [0.05, 0.1) is 0 Å². The third-order valence-corrected chi connectivity index (χ3v) is 2.60. The number of nitrogens with zero attached hydrogens (tertiary/aromatic N) is 1. The minimum Gasteiger partial charge on any atom is -0.625 e. The zero-order valence-corrected chi connectivity index (χ0v) is 9.53. The summed E-state index contributed by atoms with van der Waals surface area (Å²) in [6.07, 6.45) is -0.766. The minimum absolute atomic E-state index is 0.383. The molecule has 0 radical (unpaired) electrons. The van der Waals surface area contributed by atoms with E-state index in [-0.39, 0.29) is 12.3 Å². The molecular formula is C14H16N3-. The van der Waals surface area contributed by atoms with Gasteiger partial charge < -0.3 is 16.8 Å². The first-order valence-corrected chi connectivity index (χ1v) is 5.58. The first-order valence-electron chi connectivity index (χ1n) is 5.58. The van der Waals surface area contributed by atoms with Gasteiger partial charge in [-0.1, -0.05) is 84.1 Å². The van der Waals surface area contributed by atoms with Crippen LogP contribution in [0.25, 0.3) is 5.32 Å². The van der Waals surface area contributed by atoms with Crippen LogP contribution in [0.15, 0.2) is 60.7 Å². The summed E-state index contributed by atoms with van der Waals surface area (Å²) in [5.41, 5.74) is 13.9. The van der Waals surface area contributed by atoms with E-state index in [4.69, 9.17) is 11.5 Å².